The highest BCUT2D eigenvalue weighted by Crippen LogP contribution is 2.32. The fraction of sp³-hybridized carbons (Fsp3) is 0.857. The minimum absolute atomic E-state index is 0. The molecule has 5 nitrogen and oxygen atoms in total. The number of carbonyl (C=O) groups excluding carboxylic acids is 2. The molecule has 0 aromatic carbocycles. The van der Waals surface area contributed by atoms with Crippen LogP contribution in [0.5, 0.6) is 0 Å². The Morgan fingerprint density at radius 3 is 2.45 bits per heavy atom. The zero-order valence-corrected chi connectivity index (χ0v) is 13.2. The van der Waals surface area contributed by atoms with Crippen LogP contribution in [-0.2, 0) is 9.59 Å². The molecule has 1 heterocycles. The molecule has 2 fully saturated rings. The Balaban J connectivity index is 0.00000200. The monoisotopic (exact) mass is 303 g/mol. The van der Waals surface area contributed by atoms with Crippen LogP contribution in [0.25, 0.3) is 0 Å². The van der Waals surface area contributed by atoms with Gasteiger partial charge in [0.1, 0.15) is 0 Å². The lowest BCUT2D eigenvalue weighted by Crippen LogP contribution is -2.50. The van der Waals surface area contributed by atoms with Gasteiger partial charge in [0.15, 0.2) is 0 Å². The summed E-state index contributed by atoms with van der Waals surface area (Å²) < 4.78 is 0. The summed E-state index contributed by atoms with van der Waals surface area (Å²) in [5.74, 6) is 0.451. The van der Waals surface area contributed by atoms with Crippen LogP contribution in [0.3, 0.4) is 0 Å². The number of piperidine rings is 1. The highest BCUT2D eigenvalue weighted by atomic mass is 35.5. The molecule has 1 unspecified atom stereocenters. The second-order valence-electron chi connectivity index (χ2n) is 6.60. The number of amides is 2. The van der Waals surface area contributed by atoms with Crippen molar-refractivity contribution in [3.8, 4) is 0 Å². The number of rotatable bonds is 4. The Morgan fingerprint density at radius 1 is 1.25 bits per heavy atom. The van der Waals surface area contributed by atoms with Crippen molar-refractivity contribution in [3.05, 3.63) is 0 Å². The number of nitrogens with one attached hydrogen (secondary N) is 1. The Hall–Kier alpha value is -0.810. The van der Waals surface area contributed by atoms with E-state index in [1.54, 1.807) is 0 Å². The lowest BCUT2D eigenvalue weighted by atomic mass is 9.96. The lowest BCUT2D eigenvalue weighted by Gasteiger charge is -2.32. The minimum atomic E-state index is -0.395. The summed E-state index contributed by atoms with van der Waals surface area (Å²) in [4.78, 5) is 26.0. The van der Waals surface area contributed by atoms with Gasteiger partial charge in [0, 0.05) is 31.1 Å². The first kappa shape index (κ1) is 17.2. The van der Waals surface area contributed by atoms with Crippen LogP contribution in [0.1, 0.15) is 39.5 Å². The maximum Gasteiger partial charge on any atom is 0.225 e. The molecule has 0 spiro atoms. The van der Waals surface area contributed by atoms with Crippen molar-refractivity contribution in [2.75, 3.05) is 19.6 Å². The average Bonchev–Trinajstić information content (AvgIpc) is 3.18. The van der Waals surface area contributed by atoms with E-state index < -0.39 is 5.54 Å². The SMILES string of the molecule is CC(C)(N)CNC(=O)C1CCCN(C(=O)C2CC2)C1.Cl. The number of hydrogen-bond donors (Lipinski definition) is 2. The first-order valence-corrected chi connectivity index (χ1v) is 7.22. The molecule has 0 bridgehead atoms. The fourth-order valence-corrected chi connectivity index (χ4v) is 2.44. The standard InChI is InChI=1S/C14H25N3O2.ClH/c1-14(2,15)9-16-12(18)11-4-3-7-17(8-11)13(19)10-5-6-10;/h10-11H,3-9,15H2,1-2H3,(H,16,18);1H. The third-order valence-electron chi connectivity index (χ3n) is 3.75. The van der Waals surface area contributed by atoms with Gasteiger partial charge in [0.05, 0.1) is 5.92 Å². The molecule has 3 N–H and O–H groups in total. The van der Waals surface area contributed by atoms with Gasteiger partial charge in [-0.3, -0.25) is 9.59 Å². The van der Waals surface area contributed by atoms with E-state index in [0.29, 0.717) is 13.1 Å². The number of halogens is 1. The molecule has 1 saturated heterocycles. The summed E-state index contributed by atoms with van der Waals surface area (Å²) in [7, 11) is 0. The molecule has 0 aromatic heterocycles. The van der Waals surface area contributed by atoms with Crippen LogP contribution in [0.2, 0.25) is 0 Å². The summed E-state index contributed by atoms with van der Waals surface area (Å²) in [6.45, 7) is 5.63. The van der Waals surface area contributed by atoms with Crippen molar-refractivity contribution in [1.82, 2.24) is 10.2 Å². The van der Waals surface area contributed by atoms with Crippen molar-refractivity contribution in [3.63, 3.8) is 0 Å². The molecular formula is C14H26ClN3O2. The lowest BCUT2D eigenvalue weighted by molar-refractivity contribution is -0.136. The third-order valence-corrected chi connectivity index (χ3v) is 3.75. The number of nitrogens with zero attached hydrogens (tertiary/aromatic N) is 1. The first-order chi connectivity index (χ1) is 8.87. The summed E-state index contributed by atoms with van der Waals surface area (Å²) in [5.41, 5.74) is 5.46. The van der Waals surface area contributed by atoms with Crippen molar-refractivity contribution in [2.24, 2.45) is 17.6 Å². The zero-order chi connectivity index (χ0) is 14.0. The van der Waals surface area contributed by atoms with Gasteiger partial charge in [-0.05, 0) is 39.5 Å². The maximum absolute atomic E-state index is 12.1. The van der Waals surface area contributed by atoms with E-state index in [2.05, 4.69) is 5.32 Å². The molecule has 6 heteroatoms. The molecule has 116 valence electrons. The number of likely N-dealkylation sites (tertiary alicyclic amines) is 1. The van der Waals surface area contributed by atoms with Gasteiger partial charge in [-0.25, -0.2) is 0 Å². The van der Waals surface area contributed by atoms with E-state index in [0.717, 1.165) is 32.2 Å². The van der Waals surface area contributed by atoms with Gasteiger partial charge in [-0.15, -0.1) is 12.4 Å². The molecule has 2 rings (SSSR count). The van der Waals surface area contributed by atoms with Gasteiger partial charge >= 0.3 is 0 Å². The summed E-state index contributed by atoms with van der Waals surface area (Å²) >= 11 is 0. The maximum atomic E-state index is 12.1. The Morgan fingerprint density at radius 2 is 1.90 bits per heavy atom. The summed E-state index contributed by atoms with van der Waals surface area (Å²) in [6, 6.07) is 0. The van der Waals surface area contributed by atoms with Crippen LogP contribution >= 0.6 is 12.4 Å². The van der Waals surface area contributed by atoms with E-state index in [1.807, 2.05) is 18.7 Å². The van der Waals surface area contributed by atoms with Crippen LogP contribution in [0.4, 0.5) is 0 Å². The van der Waals surface area contributed by atoms with Crippen LogP contribution < -0.4 is 11.1 Å². The number of nitrogens with two attached hydrogens (primary N) is 1. The predicted molar refractivity (Wildman–Crippen MR) is 80.6 cm³/mol. The normalized spacial score (nSPS) is 22.9. The van der Waals surface area contributed by atoms with Crippen LogP contribution in [0, 0.1) is 11.8 Å². The van der Waals surface area contributed by atoms with Crippen molar-refractivity contribution < 1.29 is 9.59 Å². The van der Waals surface area contributed by atoms with Gasteiger partial charge in [0.2, 0.25) is 11.8 Å². The highest BCUT2D eigenvalue weighted by Gasteiger charge is 2.36. The average molecular weight is 304 g/mol. The molecule has 0 aromatic rings. The molecule has 1 saturated carbocycles. The third kappa shape index (κ3) is 4.94. The quantitative estimate of drug-likeness (QED) is 0.810. The largest absolute Gasteiger partial charge is 0.354 e. The van der Waals surface area contributed by atoms with Gasteiger partial charge in [-0.2, -0.15) is 0 Å². The van der Waals surface area contributed by atoms with Crippen molar-refractivity contribution >= 4 is 24.2 Å². The van der Waals surface area contributed by atoms with Crippen molar-refractivity contribution in [1.29, 1.82) is 0 Å². The molecule has 1 aliphatic carbocycles. The second-order valence-corrected chi connectivity index (χ2v) is 6.60. The van der Waals surface area contributed by atoms with Gasteiger partial charge in [-0.1, -0.05) is 0 Å². The zero-order valence-electron chi connectivity index (χ0n) is 12.4. The molecule has 20 heavy (non-hydrogen) atoms. The van der Waals surface area contributed by atoms with Crippen LogP contribution in [0.15, 0.2) is 0 Å². The van der Waals surface area contributed by atoms with Gasteiger partial charge < -0.3 is 16.0 Å². The Kier molecular flexibility index (Phi) is 5.83. The predicted octanol–water partition coefficient (Wildman–Crippen LogP) is 0.910. The van der Waals surface area contributed by atoms with Gasteiger partial charge in [0.25, 0.3) is 0 Å². The molecule has 1 aliphatic heterocycles. The van der Waals surface area contributed by atoms with E-state index in [1.165, 1.54) is 0 Å². The molecule has 2 amide bonds. The van der Waals surface area contributed by atoms with E-state index in [9.17, 15) is 9.59 Å². The Bertz CT molecular complexity index is 364. The molecule has 0 radical (unpaired) electrons. The van der Waals surface area contributed by atoms with Crippen LogP contribution in [-0.4, -0.2) is 41.9 Å². The summed E-state index contributed by atoms with van der Waals surface area (Å²) in [6.07, 6.45) is 3.83. The topological polar surface area (TPSA) is 75.4 Å². The number of hydrogen-bond acceptors (Lipinski definition) is 3. The van der Waals surface area contributed by atoms with E-state index in [4.69, 9.17) is 5.73 Å². The number of carbonyl (C=O) groups is 2. The second kappa shape index (κ2) is 6.76. The molecule has 1 atom stereocenters. The smallest absolute Gasteiger partial charge is 0.225 e. The summed E-state index contributed by atoms with van der Waals surface area (Å²) in [5, 5.41) is 2.89. The molecule has 2 aliphatic rings. The van der Waals surface area contributed by atoms with E-state index in [-0.39, 0.29) is 36.1 Å². The fourth-order valence-electron chi connectivity index (χ4n) is 2.44. The minimum Gasteiger partial charge on any atom is -0.354 e. The highest BCUT2D eigenvalue weighted by molar-refractivity contribution is 5.85. The first-order valence-electron chi connectivity index (χ1n) is 7.22. The van der Waals surface area contributed by atoms with E-state index >= 15 is 0 Å². The van der Waals surface area contributed by atoms with Crippen molar-refractivity contribution in [2.45, 2.75) is 45.1 Å². The molecular weight excluding hydrogens is 278 g/mol. The Labute approximate surface area is 127 Å².